The summed E-state index contributed by atoms with van der Waals surface area (Å²) in [6.45, 7) is 5.28. The number of thiocarbonyl (C=S) groups is 1. The standard InChI is InChI=1S/C14H22N2O2S/c1-2-16(7-9-17)8-10-18-13-5-3-12(4-6-13)11-14(15)19/h3-6,17H,2,7-11H2,1H3,(H2,15,19). The van der Waals surface area contributed by atoms with Crippen molar-refractivity contribution in [3.05, 3.63) is 29.8 Å². The van der Waals surface area contributed by atoms with Gasteiger partial charge in [-0.05, 0) is 24.2 Å². The summed E-state index contributed by atoms with van der Waals surface area (Å²) < 4.78 is 5.66. The van der Waals surface area contributed by atoms with Crippen LogP contribution in [-0.4, -0.2) is 47.8 Å². The lowest BCUT2D eigenvalue weighted by Gasteiger charge is -2.19. The number of ether oxygens (including phenoxy) is 1. The number of benzene rings is 1. The second-order valence-corrected chi connectivity index (χ2v) is 4.82. The van der Waals surface area contributed by atoms with Gasteiger partial charge >= 0.3 is 0 Å². The second kappa shape index (κ2) is 8.85. The first-order valence-corrected chi connectivity index (χ1v) is 6.89. The molecule has 1 aromatic rings. The van der Waals surface area contributed by atoms with E-state index in [9.17, 15) is 0 Å². The maximum atomic E-state index is 8.88. The Kier molecular flexibility index (Phi) is 7.40. The highest BCUT2D eigenvalue weighted by molar-refractivity contribution is 7.80. The molecule has 1 rings (SSSR count). The lowest BCUT2D eigenvalue weighted by molar-refractivity contribution is 0.174. The van der Waals surface area contributed by atoms with Crippen molar-refractivity contribution in [2.45, 2.75) is 13.3 Å². The number of aliphatic hydroxyl groups is 1. The van der Waals surface area contributed by atoms with Crippen LogP contribution in [-0.2, 0) is 6.42 Å². The molecule has 0 saturated heterocycles. The molecule has 0 saturated carbocycles. The molecule has 0 bridgehead atoms. The van der Waals surface area contributed by atoms with Crippen LogP contribution in [0.5, 0.6) is 5.75 Å². The minimum atomic E-state index is 0.182. The molecule has 3 N–H and O–H groups in total. The van der Waals surface area contributed by atoms with E-state index in [1.54, 1.807) is 0 Å². The number of hydrogen-bond acceptors (Lipinski definition) is 4. The van der Waals surface area contributed by atoms with Gasteiger partial charge in [-0.25, -0.2) is 0 Å². The maximum Gasteiger partial charge on any atom is 0.119 e. The van der Waals surface area contributed by atoms with Crippen LogP contribution in [0.3, 0.4) is 0 Å². The zero-order valence-corrected chi connectivity index (χ0v) is 12.2. The van der Waals surface area contributed by atoms with Gasteiger partial charge in [0.2, 0.25) is 0 Å². The quantitative estimate of drug-likeness (QED) is 0.667. The molecule has 1 aromatic carbocycles. The number of rotatable bonds is 9. The summed E-state index contributed by atoms with van der Waals surface area (Å²) in [5.74, 6) is 0.840. The normalized spacial score (nSPS) is 10.7. The van der Waals surface area contributed by atoms with E-state index in [2.05, 4.69) is 11.8 Å². The van der Waals surface area contributed by atoms with Gasteiger partial charge < -0.3 is 15.6 Å². The Morgan fingerprint density at radius 1 is 1.32 bits per heavy atom. The highest BCUT2D eigenvalue weighted by atomic mass is 32.1. The molecule has 0 aliphatic heterocycles. The molecule has 4 nitrogen and oxygen atoms in total. The van der Waals surface area contributed by atoms with Gasteiger partial charge in [0, 0.05) is 19.5 Å². The Balaban J connectivity index is 2.35. The summed E-state index contributed by atoms with van der Waals surface area (Å²) in [5.41, 5.74) is 6.59. The lowest BCUT2D eigenvalue weighted by Crippen LogP contribution is -2.30. The molecule has 0 fully saturated rings. The van der Waals surface area contributed by atoms with Gasteiger partial charge in [0.25, 0.3) is 0 Å². The zero-order valence-electron chi connectivity index (χ0n) is 11.3. The van der Waals surface area contributed by atoms with E-state index in [0.29, 0.717) is 24.6 Å². The molecule has 5 heteroatoms. The second-order valence-electron chi connectivity index (χ2n) is 4.29. The van der Waals surface area contributed by atoms with Crippen molar-refractivity contribution >= 4 is 17.2 Å². The van der Waals surface area contributed by atoms with Crippen LogP contribution >= 0.6 is 12.2 Å². The number of nitrogens with zero attached hydrogens (tertiary/aromatic N) is 1. The van der Waals surface area contributed by atoms with Gasteiger partial charge in [0.05, 0.1) is 11.6 Å². The Labute approximate surface area is 120 Å². The zero-order chi connectivity index (χ0) is 14.1. The topological polar surface area (TPSA) is 58.7 Å². The van der Waals surface area contributed by atoms with Gasteiger partial charge in [0.15, 0.2) is 0 Å². The summed E-state index contributed by atoms with van der Waals surface area (Å²) in [4.78, 5) is 2.64. The van der Waals surface area contributed by atoms with Crippen molar-refractivity contribution in [1.29, 1.82) is 0 Å². The predicted molar refractivity (Wildman–Crippen MR) is 81.6 cm³/mol. The van der Waals surface area contributed by atoms with Crippen molar-refractivity contribution < 1.29 is 9.84 Å². The monoisotopic (exact) mass is 282 g/mol. The summed E-state index contributed by atoms with van der Waals surface area (Å²) in [7, 11) is 0. The molecule has 0 heterocycles. The fraction of sp³-hybridized carbons (Fsp3) is 0.500. The van der Waals surface area contributed by atoms with E-state index in [0.717, 1.165) is 24.4 Å². The van der Waals surface area contributed by atoms with Gasteiger partial charge in [-0.15, -0.1) is 0 Å². The third-order valence-corrected chi connectivity index (χ3v) is 2.99. The van der Waals surface area contributed by atoms with E-state index in [1.807, 2.05) is 24.3 Å². The van der Waals surface area contributed by atoms with Crippen LogP contribution in [0.15, 0.2) is 24.3 Å². The van der Waals surface area contributed by atoms with Crippen molar-refractivity contribution in [2.75, 3.05) is 32.8 Å². The number of likely N-dealkylation sites (N-methyl/N-ethyl adjacent to an activating group) is 1. The highest BCUT2D eigenvalue weighted by Crippen LogP contribution is 2.12. The molecule has 0 aliphatic carbocycles. The van der Waals surface area contributed by atoms with E-state index in [-0.39, 0.29) is 6.61 Å². The first kappa shape index (κ1) is 15.9. The summed E-state index contributed by atoms with van der Waals surface area (Å²) in [6, 6.07) is 7.80. The SMILES string of the molecule is CCN(CCO)CCOc1ccc(CC(N)=S)cc1. The minimum absolute atomic E-state index is 0.182. The van der Waals surface area contributed by atoms with Crippen LogP contribution in [0.25, 0.3) is 0 Å². The highest BCUT2D eigenvalue weighted by Gasteiger charge is 2.02. The predicted octanol–water partition coefficient (Wildman–Crippen LogP) is 1.21. The van der Waals surface area contributed by atoms with Crippen molar-refractivity contribution in [1.82, 2.24) is 4.90 Å². The molecular formula is C14H22N2O2S. The first-order chi connectivity index (χ1) is 9.15. The van der Waals surface area contributed by atoms with Crippen LogP contribution in [0.2, 0.25) is 0 Å². The molecule has 19 heavy (non-hydrogen) atoms. The number of aliphatic hydroxyl groups excluding tert-OH is 1. The van der Waals surface area contributed by atoms with E-state index < -0.39 is 0 Å². The Bertz CT molecular complexity index is 382. The smallest absolute Gasteiger partial charge is 0.119 e. The van der Waals surface area contributed by atoms with Crippen LogP contribution in [0.1, 0.15) is 12.5 Å². The van der Waals surface area contributed by atoms with Gasteiger partial charge in [0.1, 0.15) is 12.4 Å². The average molecular weight is 282 g/mol. The van der Waals surface area contributed by atoms with Crippen molar-refractivity contribution in [3.8, 4) is 5.75 Å². The van der Waals surface area contributed by atoms with Crippen LogP contribution < -0.4 is 10.5 Å². The molecule has 0 amide bonds. The molecule has 106 valence electrons. The molecule has 0 aliphatic rings. The minimum Gasteiger partial charge on any atom is -0.492 e. The van der Waals surface area contributed by atoms with Gasteiger partial charge in [-0.1, -0.05) is 31.3 Å². The number of hydrogen-bond donors (Lipinski definition) is 2. The van der Waals surface area contributed by atoms with E-state index in [4.69, 9.17) is 27.8 Å². The summed E-state index contributed by atoms with van der Waals surface area (Å²) >= 11 is 4.87. The third-order valence-electron chi connectivity index (χ3n) is 2.84. The summed E-state index contributed by atoms with van der Waals surface area (Å²) in [6.07, 6.45) is 0.621. The van der Waals surface area contributed by atoms with Gasteiger partial charge in [-0.3, -0.25) is 4.90 Å². The third kappa shape index (κ3) is 6.52. The molecule has 0 atom stereocenters. The van der Waals surface area contributed by atoms with Crippen molar-refractivity contribution in [3.63, 3.8) is 0 Å². The molecule has 0 spiro atoms. The summed E-state index contributed by atoms with van der Waals surface area (Å²) in [5, 5.41) is 8.88. The maximum absolute atomic E-state index is 8.88. The Morgan fingerprint density at radius 2 is 2.00 bits per heavy atom. The Hall–Kier alpha value is -1.17. The van der Waals surface area contributed by atoms with Gasteiger partial charge in [-0.2, -0.15) is 0 Å². The van der Waals surface area contributed by atoms with Crippen LogP contribution in [0.4, 0.5) is 0 Å². The first-order valence-electron chi connectivity index (χ1n) is 6.49. The molecule has 0 unspecified atom stereocenters. The fourth-order valence-electron chi connectivity index (χ4n) is 1.77. The largest absolute Gasteiger partial charge is 0.492 e. The Morgan fingerprint density at radius 3 is 2.53 bits per heavy atom. The number of nitrogens with two attached hydrogens (primary N) is 1. The van der Waals surface area contributed by atoms with Crippen LogP contribution in [0, 0.1) is 0 Å². The fourth-order valence-corrected chi connectivity index (χ4v) is 1.93. The lowest BCUT2D eigenvalue weighted by atomic mass is 10.1. The van der Waals surface area contributed by atoms with E-state index >= 15 is 0 Å². The molecule has 0 aromatic heterocycles. The molecular weight excluding hydrogens is 260 g/mol. The van der Waals surface area contributed by atoms with E-state index in [1.165, 1.54) is 0 Å². The molecule has 0 radical (unpaired) electrons. The van der Waals surface area contributed by atoms with Crippen molar-refractivity contribution in [2.24, 2.45) is 5.73 Å². The average Bonchev–Trinajstić information content (AvgIpc) is 2.39.